The molecule has 0 heterocycles. The van der Waals surface area contributed by atoms with Gasteiger partial charge in [0.25, 0.3) is 0 Å². The maximum absolute atomic E-state index is 13.4. The molecule has 0 aromatic heterocycles. The Morgan fingerprint density at radius 3 is 2.06 bits per heavy atom. The topological polar surface area (TPSA) is 34.1 Å². The Kier molecular flexibility index (Phi) is 7.43. The van der Waals surface area contributed by atoms with E-state index in [1.54, 1.807) is 6.92 Å². The summed E-state index contributed by atoms with van der Waals surface area (Å²) >= 11 is 0. The van der Waals surface area contributed by atoms with Gasteiger partial charge in [-0.3, -0.25) is 9.59 Å². The summed E-state index contributed by atoms with van der Waals surface area (Å²) in [6.45, 7) is 9.84. The van der Waals surface area contributed by atoms with Gasteiger partial charge in [0.2, 0.25) is 0 Å². The van der Waals surface area contributed by atoms with Gasteiger partial charge in [0, 0.05) is 23.5 Å². The first kappa shape index (κ1) is 22.9. The Bertz CT molecular complexity index is 1000. The van der Waals surface area contributed by atoms with Crippen molar-refractivity contribution in [3.8, 4) is 11.1 Å². The first-order valence-corrected chi connectivity index (χ1v) is 11.4. The smallest absolute Gasteiger partial charge is 0.160 e. The normalized spacial score (nSPS) is 17.5. The molecule has 162 valence electrons. The molecule has 2 aromatic carbocycles. The van der Waals surface area contributed by atoms with Gasteiger partial charge in [-0.1, -0.05) is 79.1 Å². The van der Waals surface area contributed by atoms with Gasteiger partial charge in [0.1, 0.15) is 0 Å². The SMILES string of the molecule is CCCC1CC(=O)C(C(C(C(C)=O)=C(C)C)c2ccc(-c3ccccc3)cc2)=C(C)C1. The van der Waals surface area contributed by atoms with Crippen molar-refractivity contribution in [3.63, 3.8) is 0 Å². The molecule has 2 aromatic rings. The first-order chi connectivity index (χ1) is 14.8. The van der Waals surface area contributed by atoms with E-state index in [0.29, 0.717) is 12.3 Å². The van der Waals surface area contributed by atoms with Crippen LogP contribution in [0.15, 0.2) is 76.9 Å². The van der Waals surface area contributed by atoms with E-state index in [9.17, 15) is 9.59 Å². The van der Waals surface area contributed by atoms with Crippen LogP contribution in [0.2, 0.25) is 0 Å². The number of allylic oxidation sites excluding steroid dienone is 4. The predicted molar refractivity (Wildman–Crippen MR) is 129 cm³/mol. The summed E-state index contributed by atoms with van der Waals surface area (Å²) in [7, 11) is 0. The highest BCUT2D eigenvalue weighted by molar-refractivity contribution is 6.04. The van der Waals surface area contributed by atoms with Crippen LogP contribution < -0.4 is 0 Å². The maximum atomic E-state index is 13.4. The standard InChI is InChI=1S/C29H34O2/c1-6-10-22-17-20(4)28(26(31)18-22)29(27(19(2)3)21(5)30)25-15-13-24(14-16-25)23-11-8-7-9-12-23/h7-9,11-16,22,29H,6,10,17-18H2,1-5H3. The molecule has 2 atom stereocenters. The van der Waals surface area contributed by atoms with Gasteiger partial charge in [-0.25, -0.2) is 0 Å². The fourth-order valence-corrected chi connectivity index (χ4v) is 5.07. The molecule has 0 radical (unpaired) electrons. The van der Waals surface area contributed by atoms with Crippen LogP contribution in [0.1, 0.15) is 71.8 Å². The molecule has 1 aliphatic rings. The highest BCUT2D eigenvalue weighted by Crippen LogP contribution is 2.42. The van der Waals surface area contributed by atoms with Crippen LogP contribution in [-0.4, -0.2) is 11.6 Å². The molecule has 0 saturated heterocycles. The zero-order valence-corrected chi connectivity index (χ0v) is 19.5. The fourth-order valence-electron chi connectivity index (χ4n) is 5.07. The van der Waals surface area contributed by atoms with Crippen LogP contribution >= 0.6 is 0 Å². The third-order valence-electron chi connectivity index (χ3n) is 6.37. The van der Waals surface area contributed by atoms with Crippen LogP contribution in [0, 0.1) is 5.92 Å². The highest BCUT2D eigenvalue weighted by Gasteiger charge is 2.34. The summed E-state index contributed by atoms with van der Waals surface area (Å²) in [5, 5.41) is 0. The van der Waals surface area contributed by atoms with Crippen molar-refractivity contribution in [3.05, 3.63) is 82.5 Å². The largest absolute Gasteiger partial charge is 0.295 e. The summed E-state index contributed by atoms with van der Waals surface area (Å²) in [6, 6.07) is 18.6. The van der Waals surface area contributed by atoms with Gasteiger partial charge in [0.05, 0.1) is 0 Å². The van der Waals surface area contributed by atoms with Crippen molar-refractivity contribution in [2.75, 3.05) is 0 Å². The van der Waals surface area contributed by atoms with Gasteiger partial charge < -0.3 is 0 Å². The zero-order chi connectivity index (χ0) is 22.5. The fraction of sp³-hybridized carbons (Fsp3) is 0.379. The Balaban J connectivity index is 2.10. The molecular weight excluding hydrogens is 380 g/mol. The third-order valence-corrected chi connectivity index (χ3v) is 6.37. The van der Waals surface area contributed by atoms with Gasteiger partial charge in [-0.2, -0.15) is 0 Å². The van der Waals surface area contributed by atoms with E-state index in [4.69, 9.17) is 0 Å². The molecular formula is C29H34O2. The Morgan fingerprint density at radius 1 is 0.935 bits per heavy atom. The molecule has 0 fully saturated rings. The average Bonchev–Trinajstić information content (AvgIpc) is 2.73. The Hall–Kier alpha value is -2.74. The second kappa shape index (κ2) is 10.0. The lowest BCUT2D eigenvalue weighted by Gasteiger charge is -2.31. The molecule has 0 spiro atoms. The summed E-state index contributed by atoms with van der Waals surface area (Å²) < 4.78 is 0. The van der Waals surface area contributed by atoms with Gasteiger partial charge in [-0.05, 0) is 63.1 Å². The average molecular weight is 415 g/mol. The first-order valence-electron chi connectivity index (χ1n) is 11.4. The lowest BCUT2D eigenvalue weighted by atomic mass is 9.71. The molecule has 0 amide bonds. The van der Waals surface area contributed by atoms with Crippen LogP contribution in [0.3, 0.4) is 0 Å². The molecule has 2 heteroatoms. The van der Waals surface area contributed by atoms with Crippen molar-refractivity contribution >= 4 is 11.6 Å². The molecule has 0 N–H and O–H groups in total. The summed E-state index contributed by atoms with van der Waals surface area (Å²) in [5.74, 6) is 0.387. The Labute approximate surface area is 187 Å². The van der Waals surface area contributed by atoms with Crippen molar-refractivity contribution in [2.24, 2.45) is 5.92 Å². The van der Waals surface area contributed by atoms with Crippen molar-refractivity contribution in [2.45, 2.75) is 66.2 Å². The molecule has 0 aliphatic heterocycles. The summed E-state index contributed by atoms with van der Waals surface area (Å²) in [6.07, 6.45) is 3.71. The molecule has 0 saturated carbocycles. The molecule has 31 heavy (non-hydrogen) atoms. The maximum Gasteiger partial charge on any atom is 0.160 e. The number of carbonyl (C=O) groups excluding carboxylic acids is 2. The van der Waals surface area contributed by atoms with E-state index in [0.717, 1.165) is 58.2 Å². The lowest BCUT2D eigenvalue weighted by Crippen LogP contribution is -2.25. The van der Waals surface area contributed by atoms with Crippen molar-refractivity contribution in [1.29, 1.82) is 0 Å². The quantitative estimate of drug-likeness (QED) is 0.441. The highest BCUT2D eigenvalue weighted by atomic mass is 16.1. The number of benzene rings is 2. The van der Waals surface area contributed by atoms with E-state index in [2.05, 4.69) is 50.2 Å². The van der Waals surface area contributed by atoms with Gasteiger partial charge in [0.15, 0.2) is 11.6 Å². The number of hydrogen-bond donors (Lipinski definition) is 0. The number of hydrogen-bond acceptors (Lipinski definition) is 2. The second-order valence-electron chi connectivity index (χ2n) is 9.07. The van der Waals surface area contributed by atoms with E-state index in [1.807, 2.05) is 32.0 Å². The van der Waals surface area contributed by atoms with Crippen LogP contribution in [-0.2, 0) is 9.59 Å². The second-order valence-corrected chi connectivity index (χ2v) is 9.07. The number of carbonyl (C=O) groups is 2. The molecule has 0 bridgehead atoms. The minimum absolute atomic E-state index is 0.0425. The monoisotopic (exact) mass is 414 g/mol. The lowest BCUT2D eigenvalue weighted by molar-refractivity contribution is -0.117. The number of ketones is 2. The molecule has 1 aliphatic carbocycles. The minimum Gasteiger partial charge on any atom is -0.295 e. The van der Waals surface area contributed by atoms with Gasteiger partial charge >= 0.3 is 0 Å². The van der Waals surface area contributed by atoms with E-state index >= 15 is 0 Å². The van der Waals surface area contributed by atoms with Crippen LogP contribution in [0.25, 0.3) is 11.1 Å². The Morgan fingerprint density at radius 2 is 1.55 bits per heavy atom. The zero-order valence-electron chi connectivity index (χ0n) is 19.5. The number of rotatable bonds is 7. The molecule has 2 unspecified atom stereocenters. The van der Waals surface area contributed by atoms with E-state index < -0.39 is 0 Å². The summed E-state index contributed by atoms with van der Waals surface area (Å²) in [5.41, 5.74) is 7.03. The van der Waals surface area contributed by atoms with E-state index in [-0.39, 0.29) is 17.5 Å². The van der Waals surface area contributed by atoms with Gasteiger partial charge in [-0.15, -0.1) is 0 Å². The van der Waals surface area contributed by atoms with Crippen molar-refractivity contribution < 1.29 is 9.59 Å². The third kappa shape index (κ3) is 5.12. The molecule has 3 rings (SSSR count). The molecule has 2 nitrogen and oxygen atoms in total. The summed E-state index contributed by atoms with van der Waals surface area (Å²) in [4.78, 5) is 26.1. The predicted octanol–water partition coefficient (Wildman–Crippen LogP) is 7.46. The van der Waals surface area contributed by atoms with E-state index in [1.165, 1.54) is 0 Å². The van der Waals surface area contributed by atoms with Crippen LogP contribution in [0.4, 0.5) is 0 Å². The number of Topliss-reactive ketones (excluding diaryl/α,β-unsaturated/α-hetero) is 2. The van der Waals surface area contributed by atoms with Crippen LogP contribution in [0.5, 0.6) is 0 Å². The minimum atomic E-state index is -0.289. The van der Waals surface area contributed by atoms with Crippen molar-refractivity contribution in [1.82, 2.24) is 0 Å².